The van der Waals surface area contributed by atoms with Crippen LogP contribution < -0.4 is 4.74 Å². The molecule has 0 saturated heterocycles. The normalized spacial score (nSPS) is 11.3. The van der Waals surface area contributed by atoms with Crippen molar-refractivity contribution in [1.82, 2.24) is 0 Å². The Balaban J connectivity index is 1.54. The van der Waals surface area contributed by atoms with Gasteiger partial charge in [0.25, 0.3) is 0 Å². The quantitative estimate of drug-likeness (QED) is 0.0665. The molecule has 37 heavy (non-hydrogen) atoms. The van der Waals surface area contributed by atoms with Crippen molar-refractivity contribution < 1.29 is 9.53 Å². The van der Waals surface area contributed by atoms with Crippen molar-refractivity contribution in [2.24, 2.45) is 0 Å². The summed E-state index contributed by atoms with van der Waals surface area (Å²) in [5.41, 5.74) is 1.71. The van der Waals surface area contributed by atoms with E-state index in [1.54, 1.807) is 6.08 Å². The minimum Gasteiger partial charge on any atom is -0.494 e. The summed E-state index contributed by atoms with van der Waals surface area (Å²) in [7, 11) is 0. The molecule has 3 heteroatoms. The lowest BCUT2D eigenvalue weighted by Crippen LogP contribution is -1.97. The van der Waals surface area contributed by atoms with E-state index in [1.807, 2.05) is 66.4 Å². The lowest BCUT2D eigenvalue weighted by molar-refractivity contribution is 0.104. The fourth-order valence-electron chi connectivity index (χ4n) is 4.40. The second-order valence-corrected chi connectivity index (χ2v) is 11.3. The van der Waals surface area contributed by atoms with E-state index in [0.717, 1.165) is 42.1 Å². The Morgan fingerprint density at radius 3 is 1.92 bits per heavy atom. The lowest BCUT2D eigenvalue weighted by atomic mass is 10.0. The van der Waals surface area contributed by atoms with Gasteiger partial charge in [0.15, 0.2) is 5.78 Å². The van der Waals surface area contributed by atoms with E-state index in [4.69, 9.17) is 4.74 Å². The molecule has 0 spiro atoms. The van der Waals surface area contributed by atoms with Gasteiger partial charge in [-0.2, -0.15) is 0 Å². The van der Waals surface area contributed by atoms with Crippen LogP contribution in [-0.4, -0.2) is 18.1 Å². The molecule has 0 bridgehead atoms. The van der Waals surface area contributed by atoms with Crippen LogP contribution in [0.2, 0.25) is 0 Å². The van der Waals surface area contributed by atoms with Gasteiger partial charge in [-0.25, -0.2) is 0 Å². The lowest BCUT2D eigenvalue weighted by Gasteiger charge is -2.07. The van der Waals surface area contributed by atoms with Gasteiger partial charge >= 0.3 is 0 Å². The van der Waals surface area contributed by atoms with Gasteiger partial charge in [-0.05, 0) is 66.6 Å². The molecule has 2 rings (SSSR count). The van der Waals surface area contributed by atoms with Crippen LogP contribution in [0.15, 0.2) is 59.5 Å². The van der Waals surface area contributed by atoms with Crippen LogP contribution in [-0.2, 0) is 0 Å². The molecular weight excluding hydrogens is 472 g/mol. The largest absolute Gasteiger partial charge is 0.494 e. The zero-order valence-electron chi connectivity index (χ0n) is 23.5. The minimum absolute atomic E-state index is 0.0285. The van der Waals surface area contributed by atoms with Crippen LogP contribution in [0.1, 0.15) is 126 Å². The number of hydrogen-bond acceptors (Lipinski definition) is 3. The van der Waals surface area contributed by atoms with Crippen LogP contribution in [0.3, 0.4) is 0 Å². The van der Waals surface area contributed by atoms with Gasteiger partial charge in [0, 0.05) is 10.5 Å². The van der Waals surface area contributed by atoms with E-state index in [-0.39, 0.29) is 5.78 Å². The number of thioether (sulfide) groups is 1. The monoisotopic (exact) mass is 522 g/mol. The van der Waals surface area contributed by atoms with Crippen LogP contribution in [0.4, 0.5) is 0 Å². The summed E-state index contributed by atoms with van der Waals surface area (Å²) in [6, 6.07) is 15.9. The highest BCUT2D eigenvalue weighted by molar-refractivity contribution is 7.99. The molecule has 0 radical (unpaired) electrons. The van der Waals surface area contributed by atoms with E-state index in [9.17, 15) is 4.79 Å². The van der Waals surface area contributed by atoms with Crippen LogP contribution in [0.25, 0.3) is 6.08 Å². The van der Waals surface area contributed by atoms with Crippen LogP contribution >= 0.6 is 11.8 Å². The van der Waals surface area contributed by atoms with Gasteiger partial charge in [0.05, 0.1) is 6.61 Å². The number of hydrogen-bond donors (Lipinski definition) is 0. The first-order valence-electron chi connectivity index (χ1n) is 14.9. The molecule has 0 fully saturated rings. The van der Waals surface area contributed by atoms with Crippen molar-refractivity contribution in [3.05, 3.63) is 65.7 Å². The SMILES string of the molecule is CCCCCCCCCCCCCCCCOc1cccc(C=CC(=O)c2ccc(SCCC)cc2)c1. The van der Waals surface area contributed by atoms with Gasteiger partial charge in [-0.15, -0.1) is 11.8 Å². The van der Waals surface area contributed by atoms with Gasteiger partial charge in [0.1, 0.15) is 5.75 Å². The third-order valence-electron chi connectivity index (χ3n) is 6.66. The van der Waals surface area contributed by atoms with E-state index >= 15 is 0 Å². The predicted molar refractivity (Wildman–Crippen MR) is 163 cm³/mol. The molecule has 204 valence electrons. The number of benzene rings is 2. The van der Waals surface area contributed by atoms with Crippen LogP contribution in [0, 0.1) is 0 Å². The number of ether oxygens (including phenoxy) is 1. The van der Waals surface area contributed by atoms with Gasteiger partial charge in [-0.1, -0.05) is 116 Å². The Morgan fingerprint density at radius 1 is 0.730 bits per heavy atom. The average Bonchev–Trinajstić information content (AvgIpc) is 2.93. The average molecular weight is 523 g/mol. The van der Waals surface area contributed by atoms with Gasteiger partial charge in [0.2, 0.25) is 0 Å². The fourth-order valence-corrected chi connectivity index (χ4v) is 5.17. The molecular formula is C34H50O2S. The molecule has 0 N–H and O–H groups in total. The maximum atomic E-state index is 12.5. The zero-order chi connectivity index (χ0) is 26.4. The summed E-state index contributed by atoms with van der Waals surface area (Å²) in [4.78, 5) is 13.7. The predicted octanol–water partition coefficient (Wildman–Crippen LogP) is 10.9. The molecule has 2 aromatic rings. The first kappa shape index (κ1) is 31.2. The Morgan fingerprint density at radius 2 is 1.32 bits per heavy atom. The smallest absolute Gasteiger partial charge is 0.185 e. The second kappa shape index (κ2) is 21.0. The summed E-state index contributed by atoms with van der Waals surface area (Å²) in [6.45, 7) is 5.22. The summed E-state index contributed by atoms with van der Waals surface area (Å²) in [6.07, 6.45) is 23.8. The van der Waals surface area contributed by atoms with Crippen molar-refractivity contribution in [3.8, 4) is 5.75 Å². The molecule has 0 atom stereocenters. The Kier molecular flexibility index (Phi) is 17.7. The number of allylic oxidation sites excluding steroid dienone is 1. The second-order valence-electron chi connectivity index (χ2n) is 10.1. The first-order chi connectivity index (χ1) is 18.2. The van der Waals surface area contributed by atoms with Crippen molar-refractivity contribution in [1.29, 1.82) is 0 Å². The molecule has 0 saturated carbocycles. The third kappa shape index (κ3) is 15.1. The fraction of sp³-hybridized carbons (Fsp3) is 0.559. The standard InChI is InChI=1S/C34H50O2S/c1-3-5-6-7-8-9-10-11-12-13-14-15-16-17-27-36-32-20-18-19-30(29-32)21-26-34(35)31-22-24-33(25-23-31)37-28-4-2/h18-26,29H,3-17,27-28H2,1-2H3. The van der Waals surface area contributed by atoms with Crippen LogP contribution in [0.5, 0.6) is 5.75 Å². The van der Waals surface area contributed by atoms with E-state index < -0.39 is 0 Å². The van der Waals surface area contributed by atoms with E-state index in [1.165, 1.54) is 88.4 Å². The molecule has 0 aliphatic carbocycles. The number of unbranched alkanes of at least 4 members (excludes halogenated alkanes) is 13. The summed E-state index contributed by atoms with van der Waals surface area (Å²) in [5.74, 6) is 2.01. The van der Waals surface area contributed by atoms with Crippen molar-refractivity contribution in [2.75, 3.05) is 12.4 Å². The Labute approximate surface area is 231 Å². The number of ketones is 1. The highest BCUT2D eigenvalue weighted by atomic mass is 32.2. The summed E-state index contributed by atoms with van der Waals surface area (Å²) < 4.78 is 5.97. The number of rotatable bonds is 22. The van der Waals surface area contributed by atoms with Gasteiger partial charge < -0.3 is 4.74 Å². The molecule has 0 aliphatic rings. The van der Waals surface area contributed by atoms with E-state index in [2.05, 4.69) is 13.8 Å². The third-order valence-corrected chi connectivity index (χ3v) is 7.88. The maximum absolute atomic E-state index is 12.5. The first-order valence-corrected chi connectivity index (χ1v) is 15.9. The maximum Gasteiger partial charge on any atom is 0.185 e. The van der Waals surface area contributed by atoms with Crippen molar-refractivity contribution >= 4 is 23.6 Å². The Bertz CT molecular complexity index is 872. The molecule has 0 unspecified atom stereocenters. The molecule has 0 heterocycles. The van der Waals surface area contributed by atoms with Crippen molar-refractivity contribution in [3.63, 3.8) is 0 Å². The summed E-state index contributed by atoms with van der Waals surface area (Å²) in [5, 5.41) is 0. The zero-order valence-corrected chi connectivity index (χ0v) is 24.3. The highest BCUT2D eigenvalue weighted by Crippen LogP contribution is 2.20. The number of carbonyl (C=O) groups excluding carboxylic acids is 1. The molecule has 0 amide bonds. The molecule has 0 aromatic heterocycles. The molecule has 2 nitrogen and oxygen atoms in total. The van der Waals surface area contributed by atoms with Crippen molar-refractivity contribution in [2.45, 2.75) is 115 Å². The summed E-state index contributed by atoms with van der Waals surface area (Å²) >= 11 is 1.83. The Hall–Kier alpha value is -2.00. The molecule has 2 aromatic carbocycles. The number of carbonyl (C=O) groups is 1. The highest BCUT2D eigenvalue weighted by Gasteiger charge is 2.03. The van der Waals surface area contributed by atoms with E-state index in [0.29, 0.717) is 0 Å². The molecule has 0 aliphatic heterocycles. The van der Waals surface area contributed by atoms with Gasteiger partial charge in [-0.3, -0.25) is 4.79 Å². The topological polar surface area (TPSA) is 26.3 Å². The minimum atomic E-state index is 0.0285.